The molecule has 0 spiro atoms. The third-order valence-corrected chi connectivity index (χ3v) is 5.77. The number of nitrogens with one attached hydrogen (secondary N) is 2. The fourth-order valence-corrected chi connectivity index (χ4v) is 3.90. The average molecular weight is 316 g/mol. The van der Waals surface area contributed by atoms with Gasteiger partial charge in [0.15, 0.2) is 5.03 Å². The lowest BCUT2D eigenvalue weighted by atomic mass is 10.0. The van der Waals surface area contributed by atoms with Crippen molar-refractivity contribution in [1.29, 1.82) is 0 Å². The second-order valence-corrected chi connectivity index (χ2v) is 7.02. The van der Waals surface area contributed by atoms with E-state index >= 15 is 0 Å². The monoisotopic (exact) mass is 316 g/mol. The van der Waals surface area contributed by atoms with Gasteiger partial charge >= 0.3 is 0 Å². The maximum Gasteiger partial charge on any atom is 0.260 e. The number of aromatic amines is 1. The lowest BCUT2D eigenvalue weighted by Gasteiger charge is -2.24. The van der Waals surface area contributed by atoms with Crippen molar-refractivity contribution in [3.8, 4) is 0 Å². The number of H-pyrrole nitrogens is 1. The molecule has 0 radical (unpaired) electrons. The van der Waals surface area contributed by atoms with Gasteiger partial charge in [0.1, 0.15) is 0 Å². The first-order valence-corrected chi connectivity index (χ1v) is 9.18. The Balaban J connectivity index is 2.99. The summed E-state index contributed by atoms with van der Waals surface area (Å²) in [6, 6.07) is 0. The molecule has 0 saturated carbocycles. The van der Waals surface area contributed by atoms with Crippen LogP contribution in [0.5, 0.6) is 0 Å². The van der Waals surface area contributed by atoms with Crippen LogP contribution in [0.2, 0.25) is 0 Å². The molecule has 0 atom stereocenters. The molecule has 6 nitrogen and oxygen atoms in total. The zero-order valence-electron chi connectivity index (χ0n) is 13.5. The molecular weight excluding hydrogens is 288 g/mol. The Bertz CT molecular complexity index is 509. The van der Waals surface area contributed by atoms with Gasteiger partial charge in [0, 0.05) is 25.2 Å². The van der Waals surface area contributed by atoms with E-state index in [9.17, 15) is 8.42 Å². The summed E-state index contributed by atoms with van der Waals surface area (Å²) in [5.74, 6) is 0.389. The van der Waals surface area contributed by atoms with Crippen LogP contribution >= 0.6 is 0 Å². The molecule has 1 aromatic heterocycles. The van der Waals surface area contributed by atoms with E-state index in [1.807, 2.05) is 13.8 Å². The third-order valence-electron chi connectivity index (χ3n) is 3.81. The Labute approximate surface area is 128 Å². The highest BCUT2D eigenvalue weighted by Gasteiger charge is 2.28. The second-order valence-electron chi connectivity index (χ2n) is 5.14. The summed E-state index contributed by atoms with van der Waals surface area (Å²) in [5.41, 5.74) is 0.694. The minimum atomic E-state index is -3.51. The molecule has 1 aromatic rings. The van der Waals surface area contributed by atoms with Gasteiger partial charge in [-0.3, -0.25) is 5.10 Å². The number of hydrogen-bond acceptors (Lipinski definition) is 4. The summed E-state index contributed by atoms with van der Waals surface area (Å²) in [6.45, 7) is 10.4. The van der Waals surface area contributed by atoms with Gasteiger partial charge in [-0.25, -0.2) is 8.42 Å². The van der Waals surface area contributed by atoms with E-state index in [4.69, 9.17) is 0 Å². The summed E-state index contributed by atoms with van der Waals surface area (Å²) in [4.78, 5) is 0. The molecule has 1 rings (SSSR count). The van der Waals surface area contributed by atoms with Crippen LogP contribution in [0.4, 0.5) is 0 Å². The number of nitrogens with zero attached hydrogens (tertiary/aromatic N) is 2. The van der Waals surface area contributed by atoms with Crippen molar-refractivity contribution in [2.45, 2.75) is 52.1 Å². The minimum absolute atomic E-state index is 0.219. The van der Waals surface area contributed by atoms with E-state index in [1.165, 1.54) is 0 Å². The number of rotatable bonds is 10. The first-order valence-electron chi connectivity index (χ1n) is 7.74. The highest BCUT2D eigenvalue weighted by molar-refractivity contribution is 7.89. The average Bonchev–Trinajstić information content (AvgIpc) is 2.95. The molecule has 0 bridgehead atoms. The first kappa shape index (κ1) is 18.1. The molecule has 7 heteroatoms. The standard InChI is InChI=1S/C14H28N4O2S/c1-5-12(6-2)11-18(8-4)21(19,20)14-13(9-15-7-3)10-16-17-14/h10,12,15H,5-9,11H2,1-4H3,(H,16,17). The number of sulfonamides is 1. The quantitative estimate of drug-likeness (QED) is 0.692. The van der Waals surface area contributed by atoms with Gasteiger partial charge in [0.25, 0.3) is 10.0 Å². The van der Waals surface area contributed by atoms with Crippen molar-refractivity contribution < 1.29 is 8.42 Å². The van der Waals surface area contributed by atoms with Gasteiger partial charge in [0.2, 0.25) is 0 Å². The SMILES string of the molecule is CCNCc1cn[nH]c1S(=O)(=O)N(CC)CC(CC)CC. The largest absolute Gasteiger partial charge is 0.313 e. The van der Waals surface area contributed by atoms with E-state index in [2.05, 4.69) is 29.4 Å². The van der Waals surface area contributed by atoms with Crippen LogP contribution in [0, 0.1) is 5.92 Å². The molecule has 0 aliphatic heterocycles. The predicted octanol–water partition coefficient (Wildman–Crippen LogP) is 1.97. The highest BCUT2D eigenvalue weighted by Crippen LogP contribution is 2.20. The van der Waals surface area contributed by atoms with E-state index in [-0.39, 0.29) is 5.03 Å². The Hall–Kier alpha value is -0.920. The summed E-state index contributed by atoms with van der Waals surface area (Å²) in [7, 11) is -3.51. The fraction of sp³-hybridized carbons (Fsp3) is 0.786. The van der Waals surface area contributed by atoms with Gasteiger partial charge < -0.3 is 5.32 Å². The smallest absolute Gasteiger partial charge is 0.260 e. The Morgan fingerprint density at radius 2 is 1.95 bits per heavy atom. The molecule has 122 valence electrons. The normalized spacial score (nSPS) is 12.5. The van der Waals surface area contributed by atoms with Gasteiger partial charge in [-0.05, 0) is 12.5 Å². The van der Waals surface area contributed by atoms with Crippen molar-refractivity contribution in [3.05, 3.63) is 11.8 Å². The molecule has 0 amide bonds. The molecule has 2 N–H and O–H groups in total. The van der Waals surface area contributed by atoms with E-state index in [0.29, 0.717) is 31.1 Å². The second kappa shape index (κ2) is 8.51. The van der Waals surface area contributed by atoms with Crippen molar-refractivity contribution in [2.24, 2.45) is 5.92 Å². The summed E-state index contributed by atoms with van der Waals surface area (Å²) in [6.07, 6.45) is 3.55. The number of aromatic nitrogens is 2. The highest BCUT2D eigenvalue weighted by atomic mass is 32.2. The van der Waals surface area contributed by atoms with Crippen molar-refractivity contribution in [2.75, 3.05) is 19.6 Å². The van der Waals surface area contributed by atoms with E-state index < -0.39 is 10.0 Å². The number of hydrogen-bond donors (Lipinski definition) is 2. The summed E-state index contributed by atoms with van der Waals surface area (Å²) < 4.78 is 27.2. The topological polar surface area (TPSA) is 78.1 Å². The predicted molar refractivity (Wildman–Crippen MR) is 84.5 cm³/mol. The van der Waals surface area contributed by atoms with E-state index in [1.54, 1.807) is 10.5 Å². The minimum Gasteiger partial charge on any atom is -0.313 e. The Morgan fingerprint density at radius 1 is 1.29 bits per heavy atom. The third kappa shape index (κ3) is 4.52. The lowest BCUT2D eigenvalue weighted by Crippen LogP contribution is -2.36. The van der Waals surface area contributed by atoms with E-state index in [0.717, 1.165) is 19.4 Å². The molecule has 0 fully saturated rings. The van der Waals surface area contributed by atoms with Crippen molar-refractivity contribution in [3.63, 3.8) is 0 Å². The molecule has 0 aromatic carbocycles. The lowest BCUT2D eigenvalue weighted by molar-refractivity contribution is 0.338. The van der Waals surface area contributed by atoms with Crippen molar-refractivity contribution >= 4 is 10.0 Å². The summed E-state index contributed by atoms with van der Waals surface area (Å²) >= 11 is 0. The van der Waals surface area contributed by atoms with Crippen LogP contribution in [-0.4, -0.2) is 42.6 Å². The molecule has 0 unspecified atom stereocenters. The van der Waals surface area contributed by atoms with Gasteiger partial charge in [-0.2, -0.15) is 9.40 Å². The van der Waals surface area contributed by atoms with Crippen LogP contribution < -0.4 is 5.32 Å². The molecular formula is C14H28N4O2S. The molecule has 0 aliphatic carbocycles. The van der Waals surface area contributed by atoms with Crippen LogP contribution in [0.3, 0.4) is 0 Å². The van der Waals surface area contributed by atoms with Crippen LogP contribution in [0.1, 0.15) is 46.1 Å². The van der Waals surface area contributed by atoms with Crippen LogP contribution in [0.25, 0.3) is 0 Å². The van der Waals surface area contributed by atoms with Crippen molar-refractivity contribution in [1.82, 2.24) is 19.8 Å². The Morgan fingerprint density at radius 3 is 2.48 bits per heavy atom. The van der Waals surface area contributed by atoms with Gasteiger partial charge in [-0.15, -0.1) is 0 Å². The van der Waals surface area contributed by atoms with Gasteiger partial charge in [0.05, 0.1) is 6.20 Å². The Kier molecular flexibility index (Phi) is 7.34. The maximum atomic E-state index is 12.8. The first-order chi connectivity index (χ1) is 10.0. The molecule has 0 aliphatic rings. The molecule has 21 heavy (non-hydrogen) atoms. The molecule has 0 saturated heterocycles. The maximum absolute atomic E-state index is 12.8. The van der Waals surface area contributed by atoms with Gasteiger partial charge in [-0.1, -0.05) is 40.5 Å². The van der Waals surface area contributed by atoms with Crippen LogP contribution in [0.15, 0.2) is 11.2 Å². The zero-order chi connectivity index (χ0) is 15.9. The zero-order valence-corrected chi connectivity index (χ0v) is 14.3. The summed E-state index contributed by atoms with van der Waals surface area (Å²) in [5, 5.41) is 9.93. The fourth-order valence-electron chi connectivity index (χ4n) is 2.27. The van der Waals surface area contributed by atoms with Crippen LogP contribution in [-0.2, 0) is 16.6 Å². The molecule has 1 heterocycles.